The molecule has 2 amide bonds. The van der Waals surface area contributed by atoms with Crippen LogP contribution in [0.4, 0.5) is 0 Å². The van der Waals surface area contributed by atoms with Gasteiger partial charge in [0.05, 0.1) is 6.54 Å². The molecule has 0 aliphatic rings. The SMILES string of the molecule is CCCN(CC(=O)N(Cc1cccn1C)CC(C)C)C(=O)c1ccccc1C. The lowest BCUT2D eigenvalue weighted by atomic mass is 10.1. The monoisotopic (exact) mass is 383 g/mol. The molecule has 28 heavy (non-hydrogen) atoms. The second kappa shape index (κ2) is 10.1. The topological polar surface area (TPSA) is 45.6 Å². The Bertz CT molecular complexity index is 795. The van der Waals surface area contributed by atoms with Crippen LogP contribution >= 0.6 is 0 Å². The van der Waals surface area contributed by atoms with Crippen molar-refractivity contribution in [1.82, 2.24) is 14.4 Å². The number of benzene rings is 1. The predicted molar refractivity (Wildman–Crippen MR) is 113 cm³/mol. The van der Waals surface area contributed by atoms with Crippen LogP contribution in [0.1, 0.15) is 48.8 Å². The highest BCUT2D eigenvalue weighted by molar-refractivity contribution is 5.97. The third-order valence-corrected chi connectivity index (χ3v) is 4.82. The molecule has 0 saturated heterocycles. The van der Waals surface area contributed by atoms with Gasteiger partial charge in [-0.3, -0.25) is 9.59 Å². The summed E-state index contributed by atoms with van der Waals surface area (Å²) < 4.78 is 2.03. The maximum atomic E-state index is 13.1. The maximum Gasteiger partial charge on any atom is 0.254 e. The Morgan fingerprint density at radius 2 is 1.79 bits per heavy atom. The van der Waals surface area contributed by atoms with Crippen molar-refractivity contribution >= 4 is 11.8 Å². The van der Waals surface area contributed by atoms with E-state index in [0.717, 1.165) is 17.7 Å². The molecular weight excluding hydrogens is 350 g/mol. The highest BCUT2D eigenvalue weighted by Crippen LogP contribution is 2.13. The first kappa shape index (κ1) is 21.7. The normalized spacial score (nSPS) is 10.9. The van der Waals surface area contributed by atoms with Crippen LogP contribution in [0.3, 0.4) is 0 Å². The van der Waals surface area contributed by atoms with Gasteiger partial charge >= 0.3 is 0 Å². The third kappa shape index (κ3) is 5.72. The van der Waals surface area contributed by atoms with Crippen molar-refractivity contribution in [3.05, 3.63) is 59.4 Å². The number of nitrogens with zero attached hydrogens (tertiary/aromatic N) is 3. The molecule has 0 spiro atoms. The summed E-state index contributed by atoms with van der Waals surface area (Å²) in [5.41, 5.74) is 2.69. The minimum absolute atomic E-state index is 0.00900. The van der Waals surface area contributed by atoms with E-state index < -0.39 is 0 Å². The van der Waals surface area contributed by atoms with Crippen molar-refractivity contribution in [2.45, 2.75) is 40.7 Å². The van der Waals surface area contributed by atoms with E-state index in [-0.39, 0.29) is 18.4 Å². The molecule has 2 aromatic rings. The van der Waals surface area contributed by atoms with Crippen molar-refractivity contribution in [3.63, 3.8) is 0 Å². The van der Waals surface area contributed by atoms with E-state index in [1.165, 1.54) is 0 Å². The summed E-state index contributed by atoms with van der Waals surface area (Å²) in [6.07, 6.45) is 2.80. The number of amides is 2. The quantitative estimate of drug-likeness (QED) is 0.660. The van der Waals surface area contributed by atoms with E-state index in [2.05, 4.69) is 13.8 Å². The highest BCUT2D eigenvalue weighted by atomic mass is 16.2. The number of carbonyl (C=O) groups is 2. The molecule has 152 valence electrons. The largest absolute Gasteiger partial charge is 0.353 e. The lowest BCUT2D eigenvalue weighted by molar-refractivity contribution is -0.133. The maximum absolute atomic E-state index is 13.1. The molecule has 1 heterocycles. The fourth-order valence-electron chi connectivity index (χ4n) is 3.32. The molecule has 0 radical (unpaired) electrons. The van der Waals surface area contributed by atoms with E-state index in [4.69, 9.17) is 0 Å². The first-order valence-corrected chi connectivity index (χ1v) is 10.1. The van der Waals surface area contributed by atoms with Gasteiger partial charge in [0.25, 0.3) is 5.91 Å². The number of rotatable bonds is 9. The summed E-state index contributed by atoms with van der Waals surface area (Å²) in [4.78, 5) is 29.8. The van der Waals surface area contributed by atoms with E-state index in [1.807, 2.05) is 73.0 Å². The van der Waals surface area contributed by atoms with Crippen LogP contribution in [0.5, 0.6) is 0 Å². The third-order valence-electron chi connectivity index (χ3n) is 4.82. The number of aromatic nitrogens is 1. The minimum Gasteiger partial charge on any atom is -0.353 e. The van der Waals surface area contributed by atoms with Gasteiger partial charge in [-0.15, -0.1) is 0 Å². The number of carbonyl (C=O) groups excluding carboxylic acids is 2. The van der Waals surface area contributed by atoms with E-state index in [1.54, 1.807) is 4.90 Å². The Kier molecular flexibility index (Phi) is 7.85. The van der Waals surface area contributed by atoms with Crippen LogP contribution in [0, 0.1) is 12.8 Å². The molecule has 5 nitrogen and oxygen atoms in total. The average molecular weight is 384 g/mol. The summed E-state index contributed by atoms with van der Waals surface area (Å²) >= 11 is 0. The zero-order valence-corrected chi connectivity index (χ0v) is 17.8. The van der Waals surface area contributed by atoms with Crippen molar-refractivity contribution in [2.75, 3.05) is 19.6 Å². The minimum atomic E-state index is -0.0725. The predicted octanol–water partition coefficient (Wildman–Crippen LogP) is 3.87. The number of aryl methyl sites for hydroxylation is 2. The van der Waals surface area contributed by atoms with Gasteiger partial charge in [-0.25, -0.2) is 0 Å². The molecule has 1 aromatic heterocycles. The molecule has 0 atom stereocenters. The highest BCUT2D eigenvalue weighted by Gasteiger charge is 2.23. The second-order valence-corrected chi connectivity index (χ2v) is 7.82. The summed E-state index contributed by atoms with van der Waals surface area (Å²) in [6.45, 7) is 10.1. The van der Waals surface area contributed by atoms with E-state index in [0.29, 0.717) is 31.1 Å². The van der Waals surface area contributed by atoms with Gasteiger partial charge in [-0.2, -0.15) is 0 Å². The lowest BCUT2D eigenvalue weighted by Crippen LogP contribution is -2.44. The Morgan fingerprint density at radius 1 is 1.07 bits per heavy atom. The second-order valence-electron chi connectivity index (χ2n) is 7.82. The van der Waals surface area contributed by atoms with Gasteiger partial charge in [-0.05, 0) is 43.0 Å². The average Bonchev–Trinajstić information content (AvgIpc) is 3.05. The van der Waals surface area contributed by atoms with Crippen LogP contribution in [-0.2, 0) is 18.4 Å². The molecule has 0 N–H and O–H groups in total. The first-order chi connectivity index (χ1) is 13.3. The first-order valence-electron chi connectivity index (χ1n) is 10.1. The van der Waals surface area contributed by atoms with Gasteiger partial charge in [0, 0.05) is 37.6 Å². The van der Waals surface area contributed by atoms with Crippen LogP contribution in [0.25, 0.3) is 0 Å². The van der Waals surface area contributed by atoms with Crippen molar-refractivity contribution < 1.29 is 9.59 Å². The van der Waals surface area contributed by atoms with Crippen LogP contribution in [0.2, 0.25) is 0 Å². The fourth-order valence-corrected chi connectivity index (χ4v) is 3.32. The molecule has 0 saturated carbocycles. The molecule has 2 rings (SSSR count). The van der Waals surface area contributed by atoms with Crippen molar-refractivity contribution in [3.8, 4) is 0 Å². The van der Waals surface area contributed by atoms with Crippen LogP contribution in [0.15, 0.2) is 42.6 Å². The van der Waals surface area contributed by atoms with Crippen molar-refractivity contribution in [1.29, 1.82) is 0 Å². The van der Waals surface area contributed by atoms with Crippen molar-refractivity contribution in [2.24, 2.45) is 13.0 Å². The van der Waals surface area contributed by atoms with Crippen LogP contribution in [-0.4, -0.2) is 45.8 Å². The lowest BCUT2D eigenvalue weighted by Gasteiger charge is -2.29. The molecule has 0 aliphatic heterocycles. The molecular formula is C23H33N3O2. The van der Waals surface area contributed by atoms with Gasteiger partial charge in [0.15, 0.2) is 0 Å². The van der Waals surface area contributed by atoms with Gasteiger partial charge in [0.2, 0.25) is 5.91 Å². The standard InChI is InChI=1S/C23H33N3O2/c1-6-13-25(23(28)21-12-8-7-10-19(21)4)17-22(27)26(15-18(2)3)16-20-11-9-14-24(20)5/h7-12,14,18H,6,13,15-17H2,1-5H3. The van der Waals surface area contributed by atoms with E-state index >= 15 is 0 Å². The molecule has 1 aromatic carbocycles. The fraction of sp³-hybridized carbons (Fsp3) is 0.478. The van der Waals surface area contributed by atoms with E-state index in [9.17, 15) is 9.59 Å². The van der Waals surface area contributed by atoms with Gasteiger partial charge in [-0.1, -0.05) is 39.0 Å². The zero-order chi connectivity index (χ0) is 20.7. The number of hydrogen-bond acceptors (Lipinski definition) is 2. The molecule has 0 bridgehead atoms. The summed E-state index contributed by atoms with van der Waals surface area (Å²) in [5, 5.41) is 0. The summed E-state index contributed by atoms with van der Waals surface area (Å²) in [6, 6.07) is 11.6. The Labute approximate surface area is 168 Å². The smallest absolute Gasteiger partial charge is 0.254 e. The zero-order valence-electron chi connectivity index (χ0n) is 17.8. The Morgan fingerprint density at radius 3 is 2.36 bits per heavy atom. The number of hydrogen-bond donors (Lipinski definition) is 0. The Hall–Kier alpha value is -2.56. The van der Waals surface area contributed by atoms with Gasteiger partial charge in [0.1, 0.15) is 6.54 Å². The molecule has 5 heteroatoms. The summed E-state index contributed by atoms with van der Waals surface area (Å²) in [5.74, 6) is 0.276. The molecule has 0 fully saturated rings. The van der Waals surface area contributed by atoms with Crippen LogP contribution < -0.4 is 0 Å². The molecule has 0 aliphatic carbocycles. The Balaban J connectivity index is 2.18. The summed E-state index contributed by atoms with van der Waals surface area (Å²) in [7, 11) is 1.98. The molecule has 0 unspecified atom stereocenters. The van der Waals surface area contributed by atoms with Gasteiger partial charge < -0.3 is 14.4 Å².